The predicted octanol–water partition coefficient (Wildman–Crippen LogP) is 6.00. The fraction of sp³-hybridized carbons (Fsp3) is 0.320. The topological polar surface area (TPSA) is 103 Å². The van der Waals surface area contributed by atoms with Gasteiger partial charge in [0, 0.05) is 23.5 Å². The van der Waals surface area contributed by atoms with Crippen molar-refractivity contribution in [1.29, 1.82) is 0 Å². The van der Waals surface area contributed by atoms with Crippen molar-refractivity contribution in [2.24, 2.45) is 5.92 Å². The first-order chi connectivity index (χ1) is 18.4. The lowest BCUT2D eigenvalue weighted by molar-refractivity contribution is -0.149. The Morgan fingerprint density at radius 3 is 2.76 bits per heavy atom. The number of amides is 1. The van der Waals surface area contributed by atoms with Crippen LogP contribution in [0.25, 0.3) is 17.3 Å². The molecule has 1 aromatic carbocycles. The van der Waals surface area contributed by atoms with Crippen LogP contribution < -0.4 is 0 Å². The lowest BCUT2D eigenvalue weighted by atomic mass is 9.97. The van der Waals surface area contributed by atoms with Gasteiger partial charge in [-0.2, -0.15) is 0 Å². The van der Waals surface area contributed by atoms with Crippen LogP contribution in [0.3, 0.4) is 0 Å². The molecular formula is C25H23Cl2N5O4S2. The van der Waals surface area contributed by atoms with Gasteiger partial charge in [-0.15, -0.1) is 21.5 Å². The zero-order chi connectivity index (χ0) is 26.6. The minimum Gasteiger partial charge on any atom is -0.466 e. The molecule has 198 valence electrons. The van der Waals surface area contributed by atoms with E-state index < -0.39 is 0 Å². The summed E-state index contributed by atoms with van der Waals surface area (Å²) in [6, 6.07) is 8.74. The smallest absolute Gasteiger partial charge is 0.309 e. The van der Waals surface area contributed by atoms with Crippen LogP contribution >= 0.6 is 46.3 Å². The molecule has 0 bridgehead atoms. The van der Waals surface area contributed by atoms with Gasteiger partial charge >= 0.3 is 5.97 Å². The molecule has 0 atom stereocenters. The number of thioether (sulfide) groups is 1. The van der Waals surface area contributed by atoms with E-state index in [0.29, 0.717) is 76.5 Å². The minimum absolute atomic E-state index is 0.131. The lowest BCUT2D eigenvalue weighted by Crippen LogP contribution is -2.40. The second kappa shape index (κ2) is 11.9. The van der Waals surface area contributed by atoms with Crippen LogP contribution in [0, 0.1) is 5.92 Å². The van der Waals surface area contributed by atoms with E-state index in [1.807, 2.05) is 0 Å². The second-order valence-corrected chi connectivity index (χ2v) is 11.2. The highest BCUT2D eigenvalue weighted by Crippen LogP contribution is 2.34. The van der Waals surface area contributed by atoms with Crippen molar-refractivity contribution >= 4 is 58.2 Å². The Bertz CT molecular complexity index is 1430. The number of ether oxygens (including phenoxy) is 1. The highest BCUT2D eigenvalue weighted by molar-refractivity contribution is 7.98. The van der Waals surface area contributed by atoms with Gasteiger partial charge in [-0.1, -0.05) is 35.0 Å². The number of likely N-dealkylation sites (tertiary alicyclic amines) is 1. The van der Waals surface area contributed by atoms with E-state index in [-0.39, 0.29) is 17.8 Å². The number of nitrogens with zero attached hydrogens (tertiary/aromatic N) is 5. The third-order valence-electron chi connectivity index (χ3n) is 6.02. The van der Waals surface area contributed by atoms with Crippen molar-refractivity contribution in [3.8, 4) is 17.3 Å². The van der Waals surface area contributed by atoms with Gasteiger partial charge in [0.2, 0.25) is 5.82 Å². The summed E-state index contributed by atoms with van der Waals surface area (Å²) >= 11 is 15.6. The van der Waals surface area contributed by atoms with Gasteiger partial charge < -0.3 is 14.1 Å². The average molecular weight is 593 g/mol. The summed E-state index contributed by atoms with van der Waals surface area (Å²) in [5.41, 5.74) is 1.02. The largest absolute Gasteiger partial charge is 0.466 e. The Balaban J connectivity index is 1.29. The first kappa shape index (κ1) is 26.7. The SMILES string of the molecule is CCOC(=O)C1CCN(C(=O)c2csc(CSc3nnc(-c4ccco4)n3-c3cc(Cl)ccc3Cl)n2)CC1. The second-order valence-electron chi connectivity index (χ2n) is 8.45. The lowest BCUT2D eigenvalue weighted by Gasteiger charge is -2.30. The highest BCUT2D eigenvalue weighted by atomic mass is 35.5. The van der Waals surface area contributed by atoms with Crippen molar-refractivity contribution in [1.82, 2.24) is 24.6 Å². The molecule has 0 unspecified atom stereocenters. The quantitative estimate of drug-likeness (QED) is 0.181. The first-order valence-corrected chi connectivity index (χ1v) is 14.5. The summed E-state index contributed by atoms with van der Waals surface area (Å²) in [7, 11) is 0. The maximum Gasteiger partial charge on any atom is 0.309 e. The Labute approximate surface area is 237 Å². The molecule has 1 aliphatic heterocycles. The molecule has 9 nitrogen and oxygen atoms in total. The number of carbonyl (C=O) groups is 2. The zero-order valence-corrected chi connectivity index (χ0v) is 23.4. The minimum atomic E-state index is -0.185. The number of esters is 1. The van der Waals surface area contributed by atoms with Gasteiger partial charge in [-0.05, 0) is 50.1 Å². The molecule has 1 saturated heterocycles. The first-order valence-electron chi connectivity index (χ1n) is 11.9. The molecule has 5 rings (SSSR count). The number of benzene rings is 1. The van der Waals surface area contributed by atoms with Crippen molar-refractivity contribution in [2.45, 2.75) is 30.7 Å². The summed E-state index contributed by atoms with van der Waals surface area (Å²) in [6.45, 7) is 3.17. The number of piperidine rings is 1. The molecule has 1 amide bonds. The molecule has 1 fully saturated rings. The van der Waals surface area contributed by atoms with Crippen LogP contribution in [0.4, 0.5) is 0 Å². The molecule has 0 spiro atoms. The number of thiazole rings is 1. The molecule has 38 heavy (non-hydrogen) atoms. The number of carbonyl (C=O) groups excluding carboxylic acids is 2. The molecule has 4 aromatic rings. The molecule has 0 saturated carbocycles. The predicted molar refractivity (Wildman–Crippen MR) is 146 cm³/mol. The molecule has 0 N–H and O–H groups in total. The number of hydrogen-bond acceptors (Lipinski definition) is 9. The van der Waals surface area contributed by atoms with E-state index in [1.165, 1.54) is 23.1 Å². The van der Waals surface area contributed by atoms with E-state index >= 15 is 0 Å². The number of hydrogen-bond donors (Lipinski definition) is 0. The summed E-state index contributed by atoms with van der Waals surface area (Å²) < 4.78 is 12.5. The van der Waals surface area contributed by atoms with E-state index in [2.05, 4.69) is 15.2 Å². The summed E-state index contributed by atoms with van der Waals surface area (Å²) in [6.07, 6.45) is 2.75. The van der Waals surface area contributed by atoms with E-state index in [1.54, 1.807) is 58.4 Å². The average Bonchev–Trinajstić information content (AvgIpc) is 3.69. The maximum atomic E-state index is 13.0. The summed E-state index contributed by atoms with van der Waals surface area (Å²) in [5, 5.41) is 12.8. The summed E-state index contributed by atoms with van der Waals surface area (Å²) in [5.74, 6) is 1.02. The molecule has 3 aromatic heterocycles. The van der Waals surface area contributed by atoms with Crippen LogP contribution in [0.5, 0.6) is 0 Å². The number of furan rings is 1. The Morgan fingerprint density at radius 2 is 2.03 bits per heavy atom. The molecular weight excluding hydrogens is 569 g/mol. The van der Waals surface area contributed by atoms with Crippen LogP contribution in [0.1, 0.15) is 35.3 Å². The van der Waals surface area contributed by atoms with Gasteiger partial charge in [-0.25, -0.2) is 4.98 Å². The van der Waals surface area contributed by atoms with Gasteiger partial charge in [0.1, 0.15) is 10.7 Å². The van der Waals surface area contributed by atoms with Crippen LogP contribution in [-0.2, 0) is 15.3 Å². The third-order valence-corrected chi connectivity index (χ3v) is 8.55. The van der Waals surface area contributed by atoms with Crippen molar-refractivity contribution < 1.29 is 18.7 Å². The highest BCUT2D eigenvalue weighted by Gasteiger charge is 2.29. The molecule has 1 aliphatic rings. The van der Waals surface area contributed by atoms with Crippen molar-refractivity contribution in [2.75, 3.05) is 19.7 Å². The normalized spacial score (nSPS) is 14.1. The zero-order valence-electron chi connectivity index (χ0n) is 20.3. The molecule has 13 heteroatoms. The van der Waals surface area contributed by atoms with E-state index in [4.69, 9.17) is 32.4 Å². The Hall–Kier alpha value is -2.86. The molecule has 4 heterocycles. The van der Waals surface area contributed by atoms with Gasteiger partial charge in [-0.3, -0.25) is 14.2 Å². The standard InChI is InChI=1S/C25H23Cl2N5O4S2/c1-2-35-24(34)15-7-9-31(10-8-15)23(33)18-13-37-21(28-18)14-38-25-30-29-22(20-4-3-11-36-20)32(25)19-12-16(26)5-6-17(19)27/h3-6,11-13,15H,2,7-10,14H2,1H3. The number of aromatic nitrogens is 4. The van der Waals surface area contributed by atoms with Crippen molar-refractivity contribution in [3.05, 3.63) is 62.7 Å². The van der Waals surface area contributed by atoms with Crippen LogP contribution in [0.2, 0.25) is 10.0 Å². The van der Waals surface area contributed by atoms with Crippen molar-refractivity contribution in [3.63, 3.8) is 0 Å². The van der Waals surface area contributed by atoms with Crippen LogP contribution in [0.15, 0.2) is 51.5 Å². The fourth-order valence-corrected chi connectivity index (χ4v) is 6.24. The Morgan fingerprint density at radius 1 is 1.21 bits per heavy atom. The number of halogens is 2. The third kappa shape index (κ3) is 5.75. The van der Waals surface area contributed by atoms with E-state index in [0.717, 1.165) is 5.01 Å². The van der Waals surface area contributed by atoms with E-state index in [9.17, 15) is 9.59 Å². The Kier molecular flexibility index (Phi) is 8.37. The maximum absolute atomic E-state index is 13.0. The van der Waals surface area contributed by atoms with Gasteiger partial charge in [0.25, 0.3) is 5.91 Å². The summed E-state index contributed by atoms with van der Waals surface area (Å²) in [4.78, 5) is 31.3. The monoisotopic (exact) mass is 591 g/mol. The van der Waals surface area contributed by atoms with Crippen LogP contribution in [-0.4, -0.2) is 56.2 Å². The van der Waals surface area contributed by atoms with Gasteiger partial charge in [0.15, 0.2) is 10.9 Å². The number of rotatable bonds is 8. The molecule has 0 aliphatic carbocycles. The molecule has 0 radical (unpaired) electrons. The van der Waals surface area contributed by atoms with Gasteiger partial charge in [0.05, 0.1) is 35.3 Å². The fourth-order valence-electron chi connectivity index (χ4n) is 4.15.